The first-order chi connectivity index (χ1) is 15.2. The summed E-state index contributed by atoms with van der Waals surface area (Å²) >= 11 is 5.98. The maximum Gasteiger partial charge on any atom is 0.278 e. The van der Waals surface area contributed by atoms with E-state index in [0.29, 0.717) is 21.9 Å². The van der Waals surface area contributed by atoms with Crippen LogP contribution in [0.15, 0.2) is 84.6 Å². The molecule has 0 saturated heterocycles. The largest absolute Gasteiger partial charge is 0.350 e. The fourth-order valence-electron chi connectivity index (χ4n) is 3.68. The molecule has 0 atom stereocenters. The van der Waals surface area contributed by atoms with Crippen LogP contribution in [0.25, 0.3) is 5.57 Å². The fourth-order valence-corrected chi connectivity index (χ4v) is 3.80. The molecular formula is C27H25ClN2O2. The lowest BCUT2D eigenvalue weighted by molar-refractivity contribution is -0.137. The van der Waals surface area contributed by atoms with Crippen molar-refractivity contribution in [2.24, 2.45) is 0 Å². The fraction of sp³-hybridized carbons (Fsp3) is 0.185. The Kier molecular flexibility index (Phi) is 5.90. The number of amides is 2. The van der Waals surface area contributed by atoms with Crippen LogP contribution in [0.1, 0.15) is 37.5 Å². The highest BCUT2D eigenvalue weighted by atomic mass is 35.5. The summed E-state index contributed by atoms with van der Waals surface area (Å²) in [7, 11) is 0. The summed E-state index contributed by atoms with van der Waals surface area (Å²) in [6.07, 6.45) is 0. The van der Waals surface area contributed by atoms with Crippen molar-refractivity contribution >= 4 is 34.7 Å². The summed E-state index contributed by atoms with van der Waals surface area (Å²) in [5.74, 6) is -0.659. The topological polar surface area (TPSA) is 49.4 Å². The molecule has 0 bridgehead atoms. The Morgan fingerprint density at radius 3 is 2.03 bits per heavy atom. The Morgan fingerprint density at radius 2 is 1.44 bits per heavy atom. The van der Waals surface area contributed by atoms with Crippen LogP contribution in [0.3, 0.4) is 0 Å². The summed E-state index contributed by atoms with van der Waals surface area (Å²) in [4.78, 5) is 28.0. The van der Waals surface area contributed by atoms with E-state index in [2.05, 4.69) is 26.1 Å². The Labute approximate surface area is 193 Å². The van der Waals surface area contributed by atoms with Gasteiger partial charge >= 0.3 is 0 Å². The molecule has 0 fully saturated rings. The van der Waals surface area contributed by atoms with E-state index in [4.69, 9.17) is 11.6 Å². The van der Waals surface area contributed by atoms with Gasteiger partial charge in [-0.3, -0.25) is 14.5 Å². The van der Waals surface area contributed by atoms with Gasteiger partial charge in [-0.25, -0.2) is 0 Å². The molecule has 0 radical (unpaired) electrons. The molecule has 2 amide bonds. The first-order valence-electron chi connectivity index (χ1n) is 10.5. The van der Waals surface area contributed by atoms with Crippen LogP contribution in [0.5, 0.6) is 0 Å². The zero-order chi connectivity index (χ0) is 22.9. The Hall–Kier alpha value is -3.37. The lowest BCUT2D eigenvalue weighted by Gasteiger charge is -2.19. The van der Waals surface area contributed by atoms with Crippen molar-refractivity contribution in [2.45, 2.75) is 32.7 Å². The summed E-state index contributed by atoms with van der Waals surface area (Å²) in [5.41, 5.74) is 4.19. The van der Waals surface area contributed by atoms with E-state index in [9.17, 15) is 9.59 Å². The molecule has 4 rings (SSSR count). The van der Waals surface area contributed by atoms with Crippen LogP contribution < -0.4 is 5.32 Å². The van der Waals surface area contributed by atoms with Crippen LogP contribution >= 0.6 is 11.6 Å². The number of nitrogens with one attached hydrogen (secondary N) is 1. The maximum absolute atomic E-state index is 13.4. The van der Waals surface area contributed by atoms with Crippen LogP contribution in [0.2, 0.25) is 5.02 Å². The van der Waals surface area contributed by atoms with Crippen LogP contribution in [0.4, 0.5) is 5.69 Å². The number of hydrogen-bond donors (Lipinski definition) is 1. The quantitative estimate of drug-likeness (QED) is 0.489. The monoisotopic (exact) mass is 444 g/mol. The van der Waals surface area contributed by atoms with Crippen molar-refractivity contribution in [2.75, 3.05) is 5.32 Å². The van der Waals surface area contributed by atoms with Crippen molar-refractivity contribution in [1.82, 2.24) is 4.90 Å². The minimum absolute atomic E-state index is 0.0293. The summed E-state index contributed by atoms with van der Waals surface area (Å²) in [6.45, 7) is 6.64. The average Bonchev–Trinajstić information content (AvgIpc) is 3.00. The number of benzene rings is 3. The highest BCUT2D eigenvalue weighted by Crippen LogP contribution is 2.32. The van der Waals surface area contributed by atoms with Crippen molar-refractivity contribution < 1.29 is 9.59 Å². The molecule has 162 valence electrons. The molecule has 3 aromatic rings. The Bertz CT molecular complexity index is 1180. The molecular weight excluding hydrogens is 420 g/mol. The summed E-state index contributed by atoms with van der Waals surface area (Å²) in [6, 6.07) is 24.4. The second kappa shape index (κ2) is 8.64. The van der Waals surface area contributed by atoms with Gasteiger partial charge < -0.3 is 5.32 Å². The van der Waals surface area contributed by atoms with Gasteiger partial charge in [0.25, 0.3) is 11.8 Å². The SMILES string of the molecule is CC(C)(C)c1ccc(NC2=C(c3ccccc3)C(=O)N(Cc3ccc(Cl)cc3)C2=O)cc1. The number of anilines is 1. The summed E-state index contributed by atoms with van der Waals surface area (Å²) in [5, 5.41) is 3.83. The minimum Gasteiger partial charge on any atom is -0.350 e. The predicted molar refractivity (Wildman–Crippen MR) is 129 cm³/mol. The van der Waals surface area contributed by atoms with Crippen molar-refractivity contribution in [3.63, 3.8) is 0 Å². The van der Waals surface area contributed by atoms with Gasteiger partial charge in [0.1, 0.15) is 5.70 Å². The van der Waals surface area contributed by atoms with E-state index >= 15 is 0 Å². The molecule has 0 spiro atoms. The number of nitrogens with zero attached hydrogens (tertiary/aromatic N) is 1. The first-order valence-corrected chi connectivity index (χ1v) is 10.9. The highest BCUT2D eigenvalue weighted by molar-refractivity contribution is 6.36. The third-order valence-corrected chi connectivity index (χ3v) is 5.76. The van der Waals surface area contributed by atoms with E-state index < -0.39 is 0 Å². The Balaban J connectivity index is 1.68. The molecule has 4 nitrogen and oxygen atoms in total. The second-order valence-electron chi connectivity index (χ2n) is 8.89. The molecule has 0 saturated carbocycles. The van der Waals surface area contributed by atoms with Crippen LogP contribution in [0, 0.1) is 0 Å². The van der Waals surface area contributed by atoms with E-state index in [1.54, 1.807) is 12.1 Å². The van der Waals surface area contributed by atoms with Gasteiger partial charge in [-0.1, -0.05) is 87.0 Å². The lowest BCUT2D eigenvalue weighted by Crippen LogP contribution is -2.32. The van der Waals surface area contributed by atoms with Crippen LogP contribution in [-0.4, -0.2) is 16.7 Å². The van der Waals surface area contributed by atoms with Crippen molar-refractivity contribution in [1.29, 1.82) is 0 Å². The van der Waals surface area contributed by atoms with Crippen molar-refractivity contribution in [3.8, 4) is 0 Å². The predicted octanol–water partition coefficient (Wildman–Crippen LogP) is 6.03. The number of carbonyl (C=O) groups is 2. The maximum atomic E-state index is 13.4. The molecule has 0 aromatic heterocycles. The smallest absolute Gasteiger partial charge is 0.278 e. The van der Waals surface area contributed by atoms with Crippen LogP contribution in [-0.2, 0) is 21.5 Å². The standard InChI is InChI=1S/C27H25ClN2O2/c1-27(2,3)20-11-15-22(16-12-20)29-24-23(19-7-5-4-6-8-19)25(31)30(26(24)32)17-18-9-13-21(28)14-10-18/h4-16,29H,17H2,1-3H3. The highest BCUT2D eigenvalue weighted by Gasteiger charge is 2.39. The molecule has 32 heavy (non-hydrogen) atoms. The molecule has 1 aliphatic rings. The number of carbonyl (C=O) groups excluding carboxylic acids is 2. The van der Waals surface area contributed by atoms with E-state index in [0.717, 1.165) is 11.3 Å². The lowest BCUT2D eigenvalue weighted by atomic mass is 9.87. The van der Waals surface area contributed by atoms with Crippen molar-refractivity contribution in [3.05, 3.63) is 106 Å². The minimum atomic E-state index is -0.344. The third-order valence-electron chi connectivity index (χ3n) is 5.50. The van der Waals surface area contributed by atoms with Gasteiger partial charge in [0.05, 0.1) is 12.1 Å². The van der Waals surface area contributed by atoms with Gasteiger partial charge in [0.2, 0.25) is 0 Å². The summed E-state index contributed by atoms with van der Waals surface area (Å²) < 4.78 is 0. The average molecular weight is 445 g/mol. The van der Waals surface area contributed by atoms with Gasteiger partial charge in [0, 0.05) is 10.7 Å². The molecule has 1 heterocycles. The number of rotatable bonds is 5. The number of hydrogen-bond acceptors (Lipinski definition) is 3. The molecule has 3 aromatic carbocycles. The molecule has 0 unspecified atom stereocenters. The van der Waals surface area contributed by atoms with Gasteiger partial charge in [0.15, 0.2) is 0 Å². The van der Waals surface area contributed by atoms with Gasteiger partial charge in [-0.05, 0) is 46.4 Å². The number of halogens is 1. The zero-order valence-electron chi connectivity index (χ0n) is 18.4. The molecule has 1 aliphatic heterocycles. The van der Waals surface area contributed by atoms with E-state index in [-0.39, 0.29) is 23.8 Å². The molecule has 5 heteroatoms. The van der Waals surface area contributed by atoms with Gasteiger partial charge in [-0.15, -0.1) is 0 Å². The second-order valence-corrected chi connectivity index (χ2v) is 9.33. The number of imide groups is 1. The normalized spacial score (nSPS) is 14.3. The first kappa shape index (κ1) is 21.8. The van der Waals surface area contributed by atoms with E-state index in [1.807, 2.05) is 66.7 Å². The zero-order valence-corrected chi connectivity index (χ0v) is 19.1. The molecule has 1 N–H and O–H groups in total. The molecule has 0 aliphatic carbocycles. The third kappa shape index (κ3) is 4.46. The van der Waals surface area contributed by atoms with Gasteiger partial charge in [-0.2, -0.15) is 0 Å². The Morgan fingerprint density at radius 1 is 0.812 bits per heavy atom. The van der Waals surface area contributed by atoms with E-state index in [1.165, 1.54) is 10.5 Å².